The highest BCUT2D eigenvalue weighted by Crippen LogP contribution is 2.27. The van der Waals surface area contributed by atoms with Gasteiger partial charge in [0.15, 0.2) is 0 Å². The molecule has 4 nitrogen and oxygen atoms in total. The van der Waals surface area contributed by atoms with Crippen LogP contribution in [0.2, 0.25) is 0 Å². The quantitative estimate of drug-likeness (QED) is 0.714. The third-order valence-corrected chi connectivity index (χ3v) is 4.30. The number of fused-ring (bicyclic) bond motifs is 1. The molecule has 1 heterocycles. The van der Waals surface area contributed by atoms with Gasteiger partial charge in [-0.25, -0.2) is 14.4 Å². The lowest BCUT2D eigenvalue weighted by atomic mass is 10.0. The van der Waals surface area contributed by atoms with Crippen LogP contribution in [-0.2, 0) is 6.42 Å². The zero-order valence-corrected chi connectivity index (χ0v) is 14.0. The van der Waals surface area contributed by atoms with Gasteiger partial charge in [-0.3, -0.25) is 0 Å². The van der Waals surface area contributed by atoms with Crippen LogP contribution in [0, 0.1) is 5.82 Å². The Morgan fingerprint density at radius 1 is 1.12 bits per heavy atom. The fraction of sp³-hybridized carbons (Fsp3) is 0.263. The van der Waals surface area contributed by atoms with Crippen LogP contribution >= 0.6 is 0 Å². The first-order valence-corrected chi connectivity index (χ1v) is 7.85. The molecule has 0 unspecified atom stereocenters. The maximum Gasteiger partial charge on any atom is 0.142 e. The van der Waals surface area contributed by atoms with Gasteiger partial charge < -0.3 is 9.64 Å². The zero-order valence-electron chi connectivity index (χ0n) is 14.0. The SMILES string of the molecule is COc1ccccc1C[C@H](C)N(C)c1ncnc2cccc(F)c12. The molecule has 124 valence electrons. The third-order valence-electron chi connectivity index (χ3n) is 4.30. The molecule has 0 amide bonds. The van der Waals surface area contributed by atoms with Crippen molar-refractivity contribution in [2.75, 3.05) is 19.1 Å². The number of ether oxygens (including phenoxy) is 1. The molecule has 0 saturated heterocycles. The van der Waals surface area contributed by atoms with Gasteiger partial charge in [-0.1, -0.05) is 24.3 Å². The lowest BCUT2D eigenvalue weighted by Crippen LogP contribution is -2.32. The predicted octanol–water partition coefficient (Wildman–Crippen LogP) is 3.84. The first kappa shape index (κ1) is 16.2. The first-order valence-electron chi connectivity index (χ1n) is 7.85. The molecule has 0 aliphatic rings. The topological polar surface area (TPSA) is 38.2 Å². The molecule has 2 aromatic carbocycles. The number of hydrogen-bond donors (Lipinski definition) is 0. The molecule has 0 spiro atoms. The maximum absolute atomic E-state index is 14.3. The second-order valence-corrected chi connectivity index (χ2v) is 5.81. The highest BCUT2D eigenvalue weighted by atomic mass is 19.1. The standard InChI is InChI=1S/C19H20FN3O/c1-13(11-14-7-4-5-10-17(14)24-3)23(2)19-18-15(20)8-6-9-16(18)21-12-22-19/h4-10,12-13H,11H2,1-3H3/t13-/m0/s1. The van der Waals surface area contributed by atoms with Crippen LogP contribution in [0.1, 0.15) is 12.5 Å². The Morgan fingerprint density at radius 2 is 1.92 bits per heavy atom. The summed E-state index contributed by atoms with van der Waals surface area (Å²) in [5.41, 5.74) is 1.72. The van der Waals surface area contributed by atoms with E-state index in [9.17, 15) is 4.39 Å². The smallest absolute Gasteiger partial charge is 0.142 e. The number of likely N-dealkylation sites (N-methyl/N-ethyl adjacent to an activating group) is 1. The summed E-state index contributed by atoms with van der Waals surface area (Å²) in [6.07, 6.45) is 2.24. The van der Waals surface area contributed by atoms with Crippen molar-refractivity contribution in [2.24, 2.45) is 0 Å². The number of nitrogens with zero attached hydrogens (tertiary/aromatic N) is 3. The summed E-state index contributed by atoms with van der Waals surface area (Å²) in [5, 5.41) is 0.453. The van der Waals surface area contributed by atoms with Crippen LogP contribution in [0.5, 0.6) is 5.75 Å². The van der Waals surface area contributed by atoms with E-state index in [-0.39, 0.29) is 11.9 Å². The second-order valence-electron chi connectivity index (χ2n) is 5.81. The molecule has 24 heavy (non-hydrogen) atoms. The average Bonchev–Trinajstić information content (AvgIpc) is 2.61. The number of aromatic nitrogens is 2. The van der Waals surface area contributed by atoms with Crippen molar-refractivity contribution >= 4 is 16.7 Å². The molecule has 3 rings (SSSR count). The number of anilines is 1. The summed E-state index contributed by atoms with van der Waals surface area (Å²) in [6, 6.07) is 12.9. The van der Waals surface area contributed by atoms with Gasteiger partial charge in [0.1, 0.15) is 23.7 Å². The van der Waals surface area contributed by atoms with E-state index < -0.39 is 0 Å². The Hall–Kier alpha value is -2.69. The number of para-hydroxylation sites is 1. The Labute approximate surface area is 140 Å². The van der Waals surface area contributed by atoms with Crippen molar-refractivity contribution in [2.45, 2.75) is 19.4 Å². The Kier molecular flexibility index (Phi) is 4.60. The summed E-state index contributed by atoms with van der Waals surface area (Å²) in [7, 11) is 3.59. The van der Waals surface area contributed by atoms with Crippen LogP contribution in [-0.4, -0.2) is 30.2 Å². The Bertz CT molecular complexity index is 848. The first-order chi connectivity index (χ1) is 11.6. The number of methoxy groups -OCH3 is 1. The highest BCUT2D eigenvalue weighted by Gasteiger charge is 2.18. The summed E-state index contributed by atoms with van der Waals surface area (Å²) in [5.74, 6) is 1.15. The van der Waals surface area contributed by atoms with Crippen LogP contribution < -0.4 is 9.64 Å². The van der Waals surface area contributed by atoms with Gasteiger partial charge in [0.2, 0.25) is 0 Å². The van der Waals surface area contributed by atoms with Gasteiger partial charge in [0.05, 0.1) is 18.0 Å². The van der Waals surface area contributed by atoms with Crippen LogP contribution in [0.3, 0.4) is 0 Å². The molecular weight excluding hydrogens is 305 g/mol. The molecule has 0 aliphatic heterocycles. The fourth-order valence-electron chi connectivity index (χ4n) is 2.85. The number of benzene rings is 2. The molecule has 5 heteroatoms. The summed E-state index contributed by atoms with van der Waals surface area (Å²) in [4.78, 5) is 10.5. The maximum atomic E-state index is 14.3. The van der Waals surface area contributed by atoms with E-state index in [0.717, 1.165) is 17.7 Å². The molecule has 0 aliphatic carbocycles. The molecule has 0 N–H and O–H groups in total. The predicted molar refractivity (Wildman–Crippen MR) is 94.1 cm³/mol. The van der Waals surface area contributed by atoms with Gasteiger partial charge in [0, 0.05) is 13.1 Å². The number of hydrogen-bond acceptors (Lipinski definition) is 4. The van der Waals surface area contributed by atoms with E-state index >= 15 is 0 Å². The van der Waals surface area contributed by atoms with Crippen molar-refractivity contribution in [3.8, 4) is 5.75 Å². The molecule has 0 radical (unpaired) electrons. The van der Waals surface area contributed by atoms with E-state index in [1.54, 1.807) is 19.2 Å². The molecule has 1 atom stereocenters. The molecule has 0 bridgehead atoms. The molecule has 1 aromatic heterocycles. The Morgan fingerprint density at radius 3 is 2.71 bits per heavy atom. The van der Waals surface area contributed by atoms with Gasteiger partial charge in [-0.15, -0.1) is 0 Å². The minimum Gasteiger partial charge on any atom is -0.496 e. The lowest BCUT2D eigenvalue weighted by Gasteiger charge is -2.27. The fourth-order valence-corrected chi connectivity index (χ4v) is 2.85. The summed E-state index contributed by atoms with van der Waals surface area (Å²) >= 11 is 0. The number of halogens is 1. The van der Waals surface area contributed by atoms with E-state index in [1.807, 2.05) is 36.2 Å². The van der Waals surface area contributed by atoms with Gasteiger partial charge in [-0.2, -0.15) is 0 Å². The van der Waals surface area contributed by atoms with E-state index in [1.165, 1.54) is 12.4 Å². The van der Waals surface area contributed by atoms with Crippen molar-refractivity contribution in [3.05, 3.63) is 60.2 Å². The average molecular weight is 325 g/mol. The van der Waals surface area contributed by atoms with Crippen molar-refractivity contribution in [3.63, 3.8) is 0 Å². The summed E-state index contributed by atoms with van der Waals surface area (Å²) < 4.78 is 19.7. The van der Waals surface area contributed by atoms with Crippen molar-refractivity contribution in [1.82, 2.24) is 9.97 Å². The van der Waals surface area contributed by atoms with E-state index in [0.29, 0.717) is 16.7 Å². The van der Waals surface area contributed by atoms with Gasteiger partial charge in [-0.05, 0) is 37.1 Å². The molecule has 0 saturated carbocycles. The molecule has 0 fully saturated rings. The monoisotopic (exact) mass is 325 g/mol. The van der Waals surface area contributed by atoms with Crippen molar-refractivity contribution < 1.29 is 9.13 Å². The van der Waals surface area contributed by atoms with E-state index in [4.69, 9.17) is 4.74 Å². The summed E-state index contributed by atoms with van der Waals surface area (Å²) in [6.45, 7) is 2.08. The second kappa shape index (κ2) is 6.83. The number of rotatable bonds is 5. The highest BCUT2D eigenvalue weighted by molar-refractivity contribution is 5.89. The molecule has 3 aromatic rings. The minimum atomic E-state index is -0.306. The normalized spacial score (nSPS) is 12.2. The minimum absolute atomic E-state index is 0.110. The van der Waals surface area contributed by atoms with Crippen LogP contribution in [0.25, 0.3) is 10.9 Å². The van der Waals surface area contributed by atoms with Gasteiger partial charge in [0.25, 0.3) is 0 Å². The Balaban J connectivity index is 1.93. The third kappa shape index (κ3) is 3.02. The lowest BCUT2D eigenvalue weighted by molar-refractivity contribution is 0.408. The van der Waals surface area contributed by atoms with Gasteiger partial charge >= 0.3 is 0 Å². The van der Waals surface area contributed by atoms with Crippen molar-refractivity contribution in [1.29, 1.82) is 0 Å². The van der Waals surface area contributed by atoms with Crippen LogP contribution in [0.15, 0.2) is 48.8 Å². The van der Waals surface area contributed by atoms with Crippen LogP contribution in [0.4, 0.5) is 10.2 Å². The largest absolute Gasteiger partial charge is 0.496 e. The zero-order chi connectivity index (χ0) is 17.1. The molecular formula is C19H20FN3O. The van der Waals surface area contributed by atoms with E-state index in [2.05, 4.69) is 16.9 Å².